The summed E-state index contributed by atoms with van der Waals surface area (Å²) >= 11 is 0. The van der Waals surface area contributed by atoms with Crippen LogP contribution in [-0.2, 0) is 16.6 Å². The largest absolute Gasteiger partial charge is 0.365 e. The Hall–Kier alpha value is -2.80. The monoisotopic (exact) mass is 399 g/mol. The molecule has 0 aliphatic rings. The first-order valence-electron chi connectivity index (χ1n) is 9.14. The predicted octanol–water partition coefficient (Wildman–Crippen LogP) is 4.51. The van der Waals surface area contributed by atoms with E-state index >= 15 is 0 Å². The maximum Gasteiger partial charge on any atom is 0.267 e. The Bertz CT molecular complexity index is 1010. The molecule has 0 atom stereocenters. The van der Waals surface area contributed by atoms with Crippen molar-refractivity contribution < 1.29 is 12.9 Å². The quantitative estimate of drug-likeness (QED) is 0.633. The van der Waals surface area contributed by atoms with Gasteiger partial charge >= 0.3 is 0 Å². The first kappa shape index (κ1) is 19.9. The number of aromatic nitrogens is 1. The van der Waals surface area contributed by atoms with Crippen LogP contribution >= 0.6 is 0 Å². The Kier molecular flexibility index (Phi) is 5.74. The Labute approximate surface area is 166 Å². The molecule has 0 amide bonds. The van der Waals surface area contributed by atoms with Crippen molar-refractivity contribution in [3.8, 4) is 0 Å². The minimum absolute atomic E-state index is 0.0875. The average molecular weight is 400 g/mol. The highest BCUT2D eigenvalue weighted by Crippen LogP contribution is 2.25. The van der Waals surface area contributed by atoms with Crippen molar-refractivity contribution in [1.82, 2.24) is 5.16 Å². The van der Waals surface area contributed by atoms with Gasteiger partial charge in [-0.1, -0.05) is 35.5 Å². The van der Waals surface area contributed by atoms with Crippen LogP contribution in [-0.4, -0.2) is 19.6 Å². The van der Waals surface area contributed by atoms with Crippen molar-refractivity contribution in [2.24, 2.45) is 0 Å². The molecule has 0 aliphatic heterocycles. The van der Waals surface area contributed by atoms with Crippen LogP contribution in [0.4, 0.5) is 11.4 Å². The smallest absolute Gasteiger partial charge is 0.267 e. The van der Waals surface area contributed by atoms with Crippen LogP contribution in [0.2, 0.25) is 0 Å². The minimum atomic E-state index is -3.75. The molecule has 3 aromatic rings. The third kappa shape index (κ3) is 4.36. The van der Waals surface area contributed by atoms with Gasteiger partial charge in [-0.05, 0) is 57.5 Å². The van der Waals surface area contributed by atoms with Gasteiger partial charge in [0.05, 0.1) is 0 Å². The van der Waals surface area contributed by atoms with E-state index in [1.54, 1.807) is 26.0 Å². The fraction of sp³-hybridized carbons (Fsp3) is 0.286. The van der Waals surface area contributed by atoms with E-state index in [-0.39, 0.29) is 10.7 Å². The maximum absolute atomic E-state index is 12.7. The molecular formula is C21H25N3O3S. The van der Waals surface area contributed by atoms with Gasteiger partial charge in [0.1, 0.15) is 5.69 Å². The second-order valence-corrected chi connectivity index (χ2v) is 8.63. The van der Waals surface area contributed by atoms with Crippen molar-refractivity contribution in [2.75, 3.05) is 9.62 Å². The molecule has 0 radical (unpaired) electrons. The molecule has 3 rings (SSSR count). The number of hydrogen-bond donors (Lipinski definition) is 1. The van der Waals surface area contributed by atoms with Gasteiger partial charge in [0.25, 0.3) is 10.0 Å². The molecule has 1 aromatic heterocycles. The summed E-state index contributed by atoms with van der Waals surface area (Å²) in [4.78, 5) is 2.35. The first-order valence-corrected chi connectivity index (χ1v) is 10.6. The molecule has 0 spiro atoms. The van der Waals surface area contributed by atoms with Gasteiger partial charge in [-0.2, -0.15) is 0 Å². The van der Waals surface area contributed by atoms with Crippen LogP contribution in [0.3, 0.4) is 0 Å². The summed E-state index contributed by atoms with van der Waals surface area (Å²) in [5.74, 6) is 0.274. The normalized spacial score (nSPS) is 11.6. The number of benzene rings is 2. The van der Waals surface area contributed by atoms with E-state index in [0.29, 0.717) is 17.4 Å². The van der Waals surface area contributed by atoms with Gasteiger partial charge in [-0.15, -0.1) is 0 Å². The number of hydrogen-bond acceptors (Lipinski definition) is 5. The van der Waals surface area contributed by atoms with Crippen LogP contribution in [0.5, 0.6) is 0 Å². The molecule has 1 heterocycles. The standard InChI is InChI=1S/C21H25N3O3S/c1-15(2)24(14-18-8-6-5-7-9-18)20-12-10-19(11-13-20)23-28(25,26)21-16(3)22-27-17(21)4/h5-13,15,23H,14H2,1-4H3. The Morgan fingerprint density at radius 1 is 1.04 bits per heavy atom. The van der Waals surface area contributed by atoms with E-state index in [2.05, 4.69) is 40.8 Å². The van der Waals surface area contributed by atoms with E-state index < -0.39 is 10.0 Å². The predicted molar refractivity (Wildman–Crippen MR) is 111 cm³/mol. The van der Waals surface area contributed by atoms with Crippen molar-refractivity contribution in [1.29, 1.82) is 0 Å². The van der Waals surface area contributed by atoms with E-state index in [0.717, 1.165) is 12.2 Å². The minimum Gasteiger partial charge on any atom is -0.365 e. The Balaban J connectivity index is 1.80. The summed E-state index contributed by atoms with van der Waals surface area (Å²) in [6.45, 7) is 8.25. The zero-order valence-corrected chi connectivity index (χ0v) is 17.3. The summed E-state index contributed by atoms with van der Waals surface area (Å²) < 4.78 is 32.9. The van der Waals surface area contributed by atoms with Crippen molar-refractivity contribution in [3.63, 3.8) is 0 Å². The van der Waals surface area contributed by atoms with Gasteiger partial charge in [-0.3, -0.25) is 4.72 Å². The molecule has 0 saturated carbocycles. The lowest BCUT2D eigenvalue weighted by Crippen LogP contribution is -2.30. The second-order valence-electron chi connectivity index (χ2n) is 7.01. The lowest BCUT2D eigenvalue weighted by atomic mass is 10.1. The van der Waals surface area contributed by atoms with E-state index in [4.69, 9.17) is 4.52 Å². The number of sulfonamides is 1. The van der Waals surface area contributed by atoms with Crippen LogP contribution in [0.1, 0.15) is 30.9 Å². The van der Waals surface area contributed by atoms with Crippen LogP contribution in [0, 0.1) is 13.8 Å². The third-order valence-electron chi connectivity index (χ3n) is 4.51. The lowest BCUT2D eigenvalue weighted by Gasteiger charge is -2.29. The molecule has 2 aromatic carbocycles. The maximum atomic E-state index is 12.7. The molecule has 6 nitrogen and oxygen atoms in total. The fourth-order valence-electron chi connectivity index (χ4n) is 3.14. The summed E-state index contributed by atoms with van der Waals surface area (Å²) in [6, 6.07) is 17.9. The first-order chi connectivity index (χ1) is 13.3. The molecule has 0 bridgehead atoms. The van der Waals surface area contributed by atoms with Gasteiger partial charge in [-0.25, -0.2) is 8.42 Å². The van der Waals surface area contributed by atoms with Gasteiger partial charge in [0.2, 0.25) is 0 Å². The van der Waals surface area contributed by atoms with E-state index in [1.807, 2.05) is 30.3 Å². The Morgan fingerprint density at radius 3 is 2.21 bits per heavy atom. The zero-order chi connectivity index (χ0) is 20.3. The van der Waals surface area contributed by atoms with E-state index in [9.17, 15) is 8.42 Å². The fourth-order valence-corrected chi connectivity index (χ4v) is 4.53. The molecule has 0 fully saturated rings. The summed E-state index contributed by atoms with van der Waals surface area (Å²) in [5.41, 5.74) is 3.08. The highest BCUT2D eigenvalue weighted by molar-refractivity contribution is 7.92. The van der Waals surface area contributed by atoms with Gasteiger partial charge in [0.15, 0.2) is 10.7 Å². The number of aryl methyl sites for hydroxylation is 2. The van der Waals surface area contributed by atoms with Crippen LogP contribution in [0.25, 0.3) is 0 Å². The van der Waals surface area contributed by atoms with E-state index in [1.165, 1.54) is 5.56 Å². The molecule has 28 heavy (non-hydrogen) atoms. The molecule has 0 unspecified atom stereocenters. The highest BCUT2D eigenvalue weighted by atomic mass is 32.2. The van der Waals surface area contributed by atoms with Crippen molar-refractivity contribution >= 4 is 21.4 Å². The molecule has 1 N–H and O–H groups in total. The zero-order valence-electron chi connectivity index (χ0n) is 16.5. The van der Waals surface area contributed by atoms with Crippen LogP contribution < -0.4 is 9.62 Å². The average Bonchev–Trinajstić information content (AvgIpc) is 3.00. The van der Waals surface area contributed by atoms with Gasteiger partial charge in [0, 0.05) is 24.0 Å². The van der Waals surface area contributed by atoms with Gasteiger partial charge < -0.3 is 9.42 Å². The van der Waals surface area contributed by atoms with Crippen LogP contribution in [0.15, 0.2) is 64.0 Å². The topological polar surface area (TPSA) is 75.4 Å². The molecule has 0 saturated heterocycles. The summed E-state index contributed by atoms with van der Waals surface area (Å²) in [5, 5.41) is 3.72. The third-order valence-corrected chi connectivity index (χ3v) is 6.13. The molecule has 0 aliphatic carbocycles. The number of rotatable bonds is 7. The Morgan fingerprint density at radius 2 is 1.68 bits per heavy atom. The SMILES string of the molecule is Cc1noc(C)c1S(=O)(=O)Nc1ccc(N(Cc2ccccc2)C(C)C)cc1. The molecular weight excluding hydrogens is 374 g/mol. The summed E-state index contributed by atoms with van der Waals surface area (Å²) in [6.07, 6.45) is 0. The summed E-state index contributed by atoms with van der Waals surface area (Å²) in [7, 11) is -3.75. The molecule has 7 heteroatoms. The molecule has 148 valence electrons. The number of anilines is 2. The second kappa shape index (κ2) is 8.06. The number of nitrogens with one attached hydrogen (secondary N) is 1. The lowest BCUT2D eigenvalue weighted by molar-refractivity contribution is 0.390. The van der Waals surface area contributed by atoms with Crippen molar-refractivity contribution in [3.05, 3.63) is 71.6 Å². The van der Waals surface area contributed by atoms with Crippen molar-refractivity contribution in [2.45, 2.75) is 45.2 Å². The number of nitrogens with zero attached hydrogens (tertiary/aromatic N) is 2. The highest BCUT2D eigenvalue weighted by Gasteiger charge is 2.24.